The summed E-state index contributed by atoms with van der Waals surface area (Å²) in [6, 6.07) is 14.3. The number of pyridine rings is 1. The zero-order chi connectivity index (χ0) is 26.6. The van der Waals surface area contributed by atoms with Gasteiger partial charge in [-0.3, -0.25) is 14.1 Å². The van der Waals surface area contributed by atoms with Crippen molar-refractivity contribution in [1.82, 2.24) is 39.3 Å². The van der Waals surface area contributed by atoms with Crippen molar-refractivity contribution in [2.45, 2.75) is 66.0 Å². The maximum atomic E-state index is 13.8. The normalized spacial score (nSPS) is 11.5. The van der Waals surface area contributed by atoms with E-state index in [1.807, 2.05) is 57.9 Å². The van der Waals surface area contributed by atoms with E-state index >= 15 is 0 Å². The second kappa shape index (κ2) is 11.0. The second-order valence-electron chi connectivity index (χ2n) is 9.83. The third-order valence-corrected chi connectivity index (χ3v) is 6.95. The Hall–Kier alpha value is -4.27. The molecular formula is C29H34N8O. The number of unbranched alkanes of at least 4 members (excludes halogenated alkanes) is 1. The van der Waals surface area contributed by atoms with Crippen LogP contribution >= 0.6 is 0 Å². The molecule has 0 amide bonds. The molecule has 0 aliphatic rings. The van der Waals surface area contributed by atoms with Crippen molar-refractivity contribution in [2.75, 3.05) is 0 Å². The molecule has 0 aliphatic heterocycles. The van der Waals surface area contributed by atoms with Crippen molar-refractivity contribution in [1.29, 1.82) is 0 Å². The lowest BCUT2D eigenvalue weighted by molar-refractivity contribution is 0.581. The summed E-state index contributed by atoms with van der Waals surface area (Å²) in [6.45, 7) is 9.07. The van der Waals surface area contributed by atoms with Crippen molar-refractivity contribution in [3.8, 4) is 28.5 Å². The molecule has 0 atom stereocenters. The smallest absolute Gasteiger partial charge is 0.331 e. The van der Waals surface area contributed by atoms with Gasteiger partial charge in [0.05, 0.1) is 12.2 Å². The number of aromatic nitrogens is 8. The average Bonchev–Trinajstić information content (AvgIpc) is 3.68. The Balaban J connectivity index is 1.50. The molecule has 4 heterocycles. The Morgan fingerprint density at radius 3 is 2.50 bits per heavy atom. The maximum absolute atomic E-state index is 13.8. The first kappa shape index (κ1) is 25.4. The Bertz CT molecular complexity index is 1560. The molecular weight excluding hydrogens is 476 g/mol. The van der Waals surface area contributed by atoms with Gasteiger partial charge in [0.15, 0.2) is 5.82 Å². The molecule has 0 aliphatic carbocycles. The first-order valence-corrected chi connectivity index (χ1v) is 13.3. The molecule has 0 saturated heterocycles. The zero-order valence-electron chi connectivity index (χ0n) is 22.4. The van der Waals surface area contributed by atoms with Crippen LogP contribution in [-0.2, 0) is 19.4 Å². The quantitative estimate of drug-likeness (QED) is 0.278. The molecule has 0 radical (unpaired) electrons. The predicted octanol–water partition coefficient (Wildman–Crippen LogP) is 5.22. The van der Waals surface area contributed by atoms with Gasteiger partial charge >= 0.3 is 5.69 Å². The van der Waals surface area contributed by atoms with Crippen molar-refractivity contribution in [2.24, 2.45) is 0 Å². The standard InChI is InChI=1S/C29H34N8O/c1-5-7-10-23-19-37(28-22(6-2)15-16-35(28)20(3)4)29(38)36(23)18-21-13-14-26(30-17-21)24-11-8-9-12-25(24)27-31-33-34-32-27/h8-9,11-17,19-20H,5-7,10,18H2,1-4H3,(H,31,32,33,34). The molecule has 0 saturated carbocycles. The van der Waals surface area contributed by atoms with Crippen LogP contribution in [0.5, 0.6) is 0 Å². The van der Waals surface area contributed by atoms with Gasteiger partial charge in [-0.05, 0) is 66.8 Å². The molecule has 0 unspecified atom stereocenters. The minimum Gasteiger partial charge on any atom is -0.331 e. The number of nitrogens with one attached hydrogen (secondary N) is 1. The summed E-state index contributed by atoms with van der Waals surface area (Å²) in [5.74, 6) is 1.56. The molecule has 1 N–H and O–H groups in total. The highest BCUT2D eigenvalue weighted by Crippen LogP contribution is 2.28. The van der Waals surface area contributed by atoms with Crippen molar-refractivity contribution >= 4 is 0 Å². The van der Waals surface area contributed by atoms with E-state index in [0.29, 0.717) is 12.4 Å². The van der Waals surface area contributed by atoms with Crippen LogP contribution in [0.25, 0.3) is 28.5 Å². The van der Waals surface area contributed by atoms with Gasteiger partial charge in [-0.25, -0.2) is 9.89 Å². The lowest BCUT2D eigenvalue weighted by Crippen LogP contribution is -2.27. The SMILES string of the molecule is CCCCc1cn(-c2c(CC)ccn2C(C)C)c(=O)n1Cc1ccc(-c2ccccc2-c2nnn[nH]2)nc1. The number of aromatic amines is 1. The van der Waals surface area contributed by atoms with E-state index in [1.165, 1.54) is 5.56 Å². The summed E-state index contributed by atoms with van der Waals surface area (Å²) in [7, 11) is 0. The van der Waals surface area contributed by atoms with Gasteiger partial charge in [0.1, 0.15) is 5.82 Å². The van der Waals surface area contributed by atoms with Gasteiger partial charge in [-0.15, -0.1) is 5.10 Å². The van der Waals surface area contributed by atoms with E-state index in [9.17, 15) is 4.79 Å². The lowest BCUT2D eigenvalue weighted by Gasteiger charge is -2.14. The number of hydrogen-bond donors (Lipinski definition) is 1. The number of imidazole rings is 1. The van der Waals surface area contributed by atoms with Crippen LogP contribution in [0.3, 0.4) is 0 Å². The van der Waals surface area contributed by atoms with Gasteiger partial charge in [0.2, 0.25) is 0 Å². The number of tetrazole rings is 1. The molecule has 5 aromatic rings. The largest absolute Gasteiger partial charge is 0.334 e. The highest BCUT2D eigenvalue weighted by atomic mass is 16.1. The third kappa shape index (κ3) is 4.83. The molecule has 0 fully saturated rings. The fraction of sp³-hybridized carbons (Fsp3) is 0.345. The first-order chi connectivity index (χ1) is 18.5. The Kier molecular flexibility index (Phi) is 7.35. The monoisotopic (exact) mass is 510 g/mol. The fourth-order valence-electron chi connectivity index (χ4n) is 4.90. The van der Waals surface area contributed by atoms with Crippen LogP contribution < -0.4 is 5.69 Å². The van der Waals surface area contributed by atoms with Gasteiger partial charge in [-0.1, -0.05) is 50.6 Å². The van der Waals surface area contributed by atoms with Gasteiger partial charge in [0.25, 0.3) is 0 Å². The number of nitrogens with zero attached hydrogens (tertiary/aromatic N) is 7. The maximum Gasteiger partial charge on any atom is 0.334 e. The van der Waals surface area contributed by atoms with Crippen LogP contribution in [0.2, 0.25) is 0 Å². The summed E-state index contributed by atoms with van der Waals surface area (Å²) in [5, 5.41) is 14.3. The fourth-order valence-corrected chi connectivity index (χ4v) is 4.90. The molecule has 4 aromatic heterocycles. The van der Waals surface area contributed by atoms with Crippen LogP contribution in [0.1, 0.15) is 63.4 Å². The topological polar surface area (TPSA) is 99.2 Å². The number of rotatable bonds is 10. The van der Waals surface area contributed by atoms with E-state index in [2.05, 4.69) is 65.1 Å². The van der Waals surface area contributed by atoms with E-state index in [0.717, 1.165) is 59.6 Å². The Morgan fingerprint density at radius 1 is 1.03 bits per heavy atom. The van der Waals surface area contributed by atoms with E-state index in [1.54, 1.807) is 0 Å². The summed E-state index contributed by atoms with van der Waals surface area (Å²) < 4.78 is 5.93. The molecule has 196 valence electrons. The van der Waals surface area contributed by atoms with E-state index in [4.69, 9.17) is 4.98 Å². The Labute approximate surface area is 222 Å². The minimum atomic E-state index is -0.0151. The minimum absolute atomic E-state index is 0.0151. The molecule has 9 heteroatoms. The zero-order valence-corrected chi connectivity index (χ0v) is 22.4. The van der Waals surface area contributed by atoms with Crippen LogP contribution in [0, 0.1) is 0 Å². The lowest BCUT2D eigenvalue weighted by atomic mass is 10.0. The molecule has 5 rings (SSSR count). The first-order valence-electron chi connectivity index (χ1n) is 13.3. The van der Waals surface area contributed by atoms with Gasteiger partial charge < -0.3 is 4.57 Å². The molecule has 0 spiro atoms. The van der Waals surface area contributed by atoms with E-state index < -0.39 is 0 Å². The average molecular weight is 511 g/mol. The van der Waals surface area contributed by atoms with Gasteiger partial charge in [0, 0.05) is 41.5 Å². The predicted molar refractivity (Wildman–Crippen MR) is 148 cm³/mol. The summed E-state index contributed by atoms with van der Waals surface area (Å²) in [6.07, 6.45) is 9.80. The van der Waals surface area contributed by atoms with Crippen molar-refractivity contribution < 1.29 is 0 Å². The molecule has 9 nitrogen and oxygen atoms in total. The number of aryl methyl sites for hydroxylation is 2. The van der Waals surface area contributed by atoms with Crippen molar-refractivity contribution in [3.63, 3.8) is 0 Å². The Morgan fingerprint density at radius 2 is 1.84 bits per heavy atom. The van der Waals surface area contributed by atoms with Crippen LogP contribution in [-0.4, -0.2) is 39.3 Å². The number of benzene rings is 1. The van der Waals surface area contributed by atoms with Crippen molar-refractivity contribution in [3.05, 3.63) is 88.4 Å². The second-order valence-corrected chi connectivity index (χ2v) is 9.83. The summed E-state index contributed by atoms with van der Waals surface area (Å²) in [4.78, 5) is 18.6. The molecule has 0 bridgehead atoms. The van der Waals surface area contributed by atoms with Gasteiger partial charge in [-0.2, -0.15) is 0 Å². The van der Waals surface area contributed by atoms with E-state index in [-0.39, 0.29) is 11.7 Å². The summed E-state index contributed by atoms with van der Waals surface area (Å²) in [5.41, 5.74) is 5.81. The molecule has 38 heavy (non-hydrogen) atoms. The number of hydrogen-bond acceptors (Lipinski definition) is 5. The summed E-state index contributed by atoms with van der Waals surface area (Å²) >= 11 is 0. The molecule has 1 aromatic carbocycles. The highest BCUT2D eigenvalue weighted by Gasteiger charge is 2.19. The highest BCUT2D eigenvalue weighted by molar-refractivity contribution is 5.78. The van der Waals surface area contributed by atoms with Crippen LogP contribution in [0.15, 0.2) is 65.8 Å². The third-order valence-electron chi connectivity index (χ3n) is 6.95. The van der Waals surface area contributed by atoms with Crippen LogP contribution in [0.4, 0.5) is 0 Å². The number of H-pyrrole nitrogens is 1.